The molecule has 131 heavy (non-hydrogen) atoms. The number of hydrogen-bond acceptors (Lipinski definition) is 17. The molecule has 26 heteroatoms. The van der Waals surface area contributed by atoms with Gasteiger partial charge in [-0.25, -0.2) is 33.7 Å². The molecule has 0 saturated heterocycles. The Morgan fingerprint density at radius 3 is 1.31 bits per heavy atom. The zero-order valence-corrected chi connectivity index (χ0v) is 89.8. The van der Waals surface area contributed by atoms with Gasteiger partial charge in [0.25, 0.3) is 0 Å². The Balaban J connectivity index is 0.000000694. The third kappa shape index (κ3) is 42.2. The van der Waals surface area contributed by atoms with Crippen LogP contribution in [-0.2, 0) is 55.8 Å². The topological polar surface area (TPSA) is 281 Å². The quantitative estimate of drug-likeness (QED) is 0.0167. The first-order chi connectivity index (χ1) is 62.1. The number of hydrogen-bond donors (Lipinski definition) is 0. The van der Waals surface area contributed by atoms with Crippen molar-refractivity contribution in [3.8, 4) is 11.8 Å². The van der Waals surface area contributed by atoms with Gasteiger partial charge in [0.1, 0.15) is 40.8 Å². The maximum atomic E-state index is 12.3. The molecule has 3 aromatic rings. The predicted octanol–water partition coefficient (Wildman–Crippen LogP) is 24.9. The molecule has 2 aliphatic heterocycles. The number of ether oxygens (including phenoxy) is 1. The SMILES string of the molecule is CC(C)N(C(C)C)P(CCC#N)OCCCCOc1cccc(C2=C(/C=C/C3=[N+](CCCCS(=O)(=O)[O-])c4ccc(S(=O)(=O)[O-])cc4C3(C)C)CCC/C2=C\C=C2\N(CCCCS(=O)(=O)[O-])c3ccc(S(=O)(=O)[O-])cc3C2(C)C)c1.CCCC[N+](CCCC)(CCCC)CCCC.CCCC[N+](CCCC)(CCCC)CCCC.CCCC[N+](CCCC)(CCCC)CCCC. The second kappa shape index (κ2) is 62.2. The zero-order valence-electron chi connectivity index (χ0n) is 85.6. The highest BCUT2D eigenvalue weighted by Gasteiger charge is 2.46. The number of quaternary nitrogens is 3. The molecule has 3 aliphatic rings. The van der Waals surface area contributed by atoms with E-state index in [0.717, 1.165) is 46.5 Å². The maximum absolute atomic E-state index is 12.3. The zero-order chi connectivity index (χ0) is 98.0. The summed E-state index contributed by atoms with van der Waals surface area (Å²) in [6.07, 6.45) is 46.5. The molecule has 0 saturated carbocycles. The number of unbranched alkanes of at least 4 members (excludes halogenated alkanes) is 15. The normalized spacial score (nSPS) is 15.7. The molecule has 21 nitrogen and oxygen atoms in total. The molecular formula is C105H182N7O14PS4. The van der Waals surface area contributed by atoms with Crippen LogP contribution >= 0.6 is 8.30 Å². The van der Waals surface area contributed by atoms with Crippen LogP contribution in [0.15, 0.2) is 112 Å². The number of nitriles is 1. The Kier molecular flexibility index (Phi) is 57.2. The molecule has 750 valence electrons. The van der Waals surface area contributed by atoms with Crippen molar-refractivity contribution in [3.63, 3.8) is 0 Å². The standard InChI is InChI=1S/C57H77N4O14PS4.3C16H36N/c1-41(2)61(42(3)4)76(35-17-30-58)75-34-12-11-33-74-46-21-16-20-45(38-46)55-43(22-28-53-56(5,6)49-39-47(79(68,69)70)24-26-51(49)59(53)31-9-13-36-77(62,63)64)18-15-19-44(55)23-29-54-57(7,8)50-40-48(80(71,72)73)25-27-52(50)60(54)32-10-14-37-78(65,66)67;3*1-5-9-13-17(14-10-6-2,15-11-7-3)16-12-8-4/h16,20-29,38-42H,9-15,17-19,31-37H2,1-8H3,(H3-,62,63,64,65,66,67,68,69,70,71,72,73);3*5-16H2,1-4H3/q;3*+1/p-3. The Morgan fingerprint density at radius 2 is 0.901 bits per heavy atom. The number of rotatable bonds is 64. The Bertz CT molecular complexity index is 4270. The van der Waals surface area contributed by atoms with E-state index in [9.17, 15) is 57.1 Å². The van der Waals surface area contributed by atoms with Crippen LogP contribution in [0.25, 0.3) is 5.57 Å². The summed E-state index contributed by atoms with van der Waals surface area (Å²) in [6, 6.07) is 19.0. The van der Waals surface area contributed by atoms with E-state index in [1.54, 1.807) is 12.1 Å². The van der Waals surface area contributed by atoms with Crippen LogP contribution in [0.2, 0.25) is 0 Å². The lowest BCUT2D eigenvalue weighted by molar-refractivity contribution is -0.929. The number of anilines is 1. The molecule has 0 fully saturated rings. The highest BCUT2D eigenvalue weighted by atomic mass is 32.2. The lowest BCUT2D eigenvalue weighted by Crippen LogP contribution is -2.50. The van der Waals surface area contributed by atoms with Gasteiger partial charge in [0.2, 0.25) is 5.69 Å². The van der Waals surface area contributed by atoms with Crippen LogP contribution in [0.5, 0.6) is 5.75 Å². The van der Waals surface area contributed by atoms with E-state index in [1.165, 1.54) is 270 Å². The third-order valence-corrected chi connectivity index (χ3v) is 32.3. The number of nitrogens with zero attached hydrogens (tertiary/aromatic N) is 7. The average molecular weight is 1930 g/mol. The molecule has 0 spiro atoms. The summed E-state index contributed by atoms with van der Waals surface area (Å²) in [7, 11) is -19.5. The Morgan fingerprint density at radius 1 is 0.489 bits per heavy atom. The highest BCUT2D eigenvalue weighted by molar-refractivity contribution is 7.86. The molecule has 0 radical (unpaired) electrons. The Hall–Kier alpha value is -4.75. The first-order valence-electron chi connectivity index (χ1n) is 51.3. The van der Waals surface area contributed by atoms with Crippen LogP contribution in [-0.4, -0.2) is 215 Å². The van der Waals surface area contributed by atoms with Gasteiger partial charge in [-0.2, -0.15) is 9.84 Å². The van der Waals surface area contributed by atoms with Crippen molar-refractivity contribution in [2.24, 2.45) is 0 Å². The first kappa shape index (κ1) is 120. The molecule has 1 aliphatic carbocycles. The van der Waals surface area contributed by atoms with Crippen LogP contribution in [0.1, 0.15) is 373 Å². The molecule has 1 atom stereocenters. The molecule has 6 rings (SSSR count). The third-order valence-electron chi connectivity index (χ3n) is 26.5. The molecule has 0 bridgehead atoms. The van der Waals surface area contributed by atoms with Crippen molar-refractivity contribution in [2.45, 2.75) is 389 Å². The van der Waals surface area contributed by atoms with Crippen molar-refractivity contribution < 1.29 is 79.2 Å². The van der Waals surface area contributed by atoms with Gasteiger partial charge < -0.3 is 45.8 Å². The van der Waals surface area contributed by atoms with E-state index in [2.05, 4.69) is 122 Å². The fourth-order valence-electron chi connectivity index (χ4n) is 18.9. The van der Waals surface area contributed by atoms with Gasteiger partial charge in [-0.15, -0.1) is 0 Å². The minimum atomic E-state index is -4.82. The van der Waals surface area contributed by atoms with E-state index >= 15 is 0 Å². The second-order valence-electron chi connectivity index (χ2n) is 38.9. The summed E-state index contributed by atoms with van der Waals surface area (Å²) in [5.41, 5.74) is 5.84. The van der Waals surface area contributed by atoms with Crippen LogP contribution in [0, 0.1) is 11.3 Å². The van der Waals surface area contributed by atoms with Crippen molar-refractivity contribution in [3.05, 3.63) is 119 Å². The van der Waals surface area contributed by atoms with Gasteiger partial charge in [0, 0.05) is 83.6 Å². The lowest BCUT2D eigenvalue weighted by Gasteiger charge is -2.39. The summed E-state index contributed by atoms with van der Waals surface area (Å²) < 4.78 is 165. The predicted molar refractivity (Wildman–Crippen MR) is 545 cm³/mol. The van der Waals surface area contributed by atoms with E-state index < -0.39 is 71.1 Å². The average Bonchev–Trinajstić information content (AvgIpc) is 1.59. The van der Waals surface area contributed by atoms with Gasteiger partial charge in [-0.05, 0) is 246 Å². The minimum absolute atomic E-state index is 0.0907. The van der Waals surface area contributed by atoms with Crippen molar-refractivity contribution in [1.82, 2.24) is 4.67 Å². The highest BCUT2D eigenvalue weighted by Crippen LogP contribution is 2.50. The van der Waals surface area contributed by atoms with E-state index in [0.29, 0.717) is 86.2 Å². The van der Waals surface area contributed by atoms with E-state index in [1.807, 2.05) is 85.7 Å². The van der Waals surface area contributed by atoms with Crippen molar-refractivity contribution in [1.29, 1.82) is 5.26 Å². The van der Waals surface area contributed by atoms with Crippen molar-refractivity contribution >= 4 is 71.4 Å². The summed E-state index contributed by atoms with van der Waals surface area (Å²) in [6.45, 7) is 62.7. The number of allylic oxidation sites excluding steroid dienone is 8. The van der Waals surface area contributed by atoms with Gasteiger partial charge in [-0.1, -0.05) is 198 Å². The molecule has 3 aromatic carbocycles. The molecule has 0 aromatic heterocycles. The van der Waals surface area contributed by atoms with Crippen LogP contribution in [0.3, 0.4) is 0 Å². The monoisotopic (exact) mass is 1920 g/mol. The second-order valence-corrected chi connectivity index (χ2v) is 46.6. The fourth-order valence-corrected chi connectivity index (χ4v) is 23.2. The summed E-state index contributed by atoms with van der Waals surface area (Å²) in [5.74, 6) is -0.472. The minimum Gasteiger partial charge on any atom is -0.748 e. The number of fused-ring (bicyclic) bond motifs is 2. The van der Waals surface area contributed by atoms with Crippen LogP contribution < -0.4 is 9.64 Å². The maximum Gasteiger partial charge on any atom is 0.209 e. The lowest BCUT2D eigenvalue weighted by atomic mass is 9.79. The summed E-state index contributed by atoms with van der Waals surface area (Å²) >= 11 is 0. The number of benzene rings is 3. The molecule has 1 unspecified atom stereocenters. The largest absolute Gasteiger partial charge is 0.748 e. The fraction of sp³-hybridized carbons (Fsp3) is 0.733. The molecular weight excluding hydrogens is 1740 g/mol. The first-order valence-corrected chi connectivity index (χ1v) is 58.6. The summed E-state index contributed by atoms with van der Waals surface area (Å²) in [5, 5.41) is 9.34. The molecule has 2 heterocycles. The van der Waals surface area contributed by atoms with E-state index in [4.69, 9.17) is 9.26 Å². The molecule has 0 N–H and O–H groups in total. The smallest absolute Gasteiger partial charge is 0.209 e. The van der Waals surface area contributed by atoms with E-state index in [-0.39, 0.29) is 47.8 Å². The van der Waals surface area contributed by atoms with Gasteiger partial charge in [0.05, 0.1) is 133 Å². The van der Waals surface area contributed by atoms with Gasteiger partial charge in [0.15, 0.2) is 5.71 Å². The van der Waals surface area contributed by atoms with Crippen molar-refractivity contribution in [2.75, 3.05) is 127 Å². The van der Waals surface area contributed by atoms with Gasteiger partial charge in [-0.3, -0.25) is 4.67 Å². The Labute approximate surface area is 802 Å². The summed E-state index contributed by atoms with van der Waals surface area (Å²) in [4.78, 5) is 1.20. The van der Waals surface area contributed by atoms with Gasteiger partial charge >= 0.3 is 0 Å². The molecule has 0 amide bonds. The van der Waals surface area contributed by atoms with Crippen LogP contribution in [0.4, 0.5) is 11.4 Å².